The van der Waals surface area contributed by atoms with Gasteiger partial charge in [-0.3, -0.25) is 10.1 Å². The van der Waals surface area contributed by atoms with E-state index in [2.05, 4.69) is 15.6 Å². The van der Waals surface area contributed by atoms with Crippen molar-refractivity contribution in [1.29, 1.82) is 0 Å². The molecule has 142 valence electrons. The van der Waals surface area contributed by atoms with E-state index in [0.29, 0.717) is 12.1 Å². The Morgan fingerprint density at radius 1 is 1.11 bits per heavy atom. The normalized spacial score (nSPS) is 31.3. The van der Waals surface area contributed by atoms with Crippen LogP contribution in [0.3, 0.4) is 0 Å². The summed E-state index contributed by atoms with van der Waals surface area (Å²) in [5.41, 5.74) is 2.38. The summed E-state index contributed by atoms with van der Waals surface area (Å²) < 4.78 is 1.80. The van der Waals surface area contributed by atoms with Crippen LogP contribution in [-0.2, 0) is 13.1 Å². The summed E-state index contributed by atoms with van der Waals surface area (Å²) in [6.07, 6.45) is 10.3. The molecule has 0 radical (unpaired) electrons. The molecule has 0 aliphatic heterocycles. The van der Waals surface area contributed by atoms with Crippen LogP contribution in [0.25, 0.3) is 0 Å². The summed E-state index contributed by atoms with van der Waals surface area (Å²) in [6, 6.07) is 6.60. The topological polar surface area (TPSA) is 85.9 Å². The number of rotatable bonds is 6. The maximum Gasteiger partial charge on any atom is 0.269 e. The van der Waals surface area contributed by atoms with E-state index in [1.54, 1.807) is 16.8 Å². The van der Waals surface area contributed by atoms with Crippen LogP contribution in [0.4, 0.5) is 5.69 Å². The van der Waals surface area contributed by atoms with Crippen LogP contribution in [0.5, 0.6) is 0 Å². The van der Waals surface area contributed by atoms with Crippen molar-refractivity contribution in [3.8, 4) is 0 Å². The van der Waals surface area contributed by atoms with Crippen LogP contribution in [0.15, 0.2) is 30.5 Å². The van der Waals surface area contributed by atoms with Gasteiger partial charge in [0, 0.05) is 24.2 Å². The lowest BCUT2D eigenvalue weighted by atomic mass is 9.53. The second-order valence-electron chi connectivity index (χ2n) is 8.88. The Morgan fingerprint density at radius 2 is 1.74 bits per heavy atom. The van der Waals surface area contributed by atoms with Crippen LogP contribution in [0.1, 0.15) is 49.8 Å². The van der Waals surface area contributed by atoms with Crippen molar-refractivity contribution >= 4 is 5.69 Å². The molecule has 0 atom stereocenters. The quantitative estimate of drug-likeness (QED) is 0.625. The number of nitrogens with one attached hydrogen (secondary N) is 1. The fourth-order valence-electron chi connectivity index (χ4n) is 6.01. The zero-order valence-electron chi connectivity index (χ0n) is 15.4. The van der Waals surface area contributed by atoms with Crippen molar-refractivity contribution in [3.05, 3.63) is 51.8 Å². The highest BCUT2D eigenvalue weighted by Gasteiger charge is 2.50. The lowest BCUT2D eigenvalue weighted by Gasteiger charge is -2.57. The molecule has 2 aromatic rings. The van der Waals surface area contributed by atoms with E-state index >= 15 is 0 Å². The van der Waals surface area contributed by atoms with Crippen molar-refractivity contribution in [2.45, 2.75) is 57.2 Å². The smallest absolute Gasteiger partial charge is 0.269 e. The number of hydrogen-bond donors (Lipinski definition) is 1. The van der Waals surface area contributed by atoms with Gasteiger partial charge in [0.15, 0.2) is 0 Å². The molecule has 7 heteroatoms. The van der Waals surface area contributed by atoms with Gasteiger partial charge in [-0.25, -0.2) is 4.68 Å². The summed E-state index contributed by atoms with van der Waals surface area (Å²) in [7, 11) is 0. The highest BCUT2D eigenvalue weighted by Crippen LogP contribution is 2.55. The van der Waals surface area contributed by atoms with Gasteiger partial charge in [0.1, 0.15) is 0 Å². The summed E-state index contributed by atoms with van der Waals surface area (Å²) in [4.78, 5) is 10.4. The molecule has 4 aliphatic rings. The molecule has 1 N–H and O–H groups in total. The van der Waals surface area contributed by atoms with E-state index < -0.39 is 0 Å². The molecule has 7 nitrogen and oxygen atoms in total. The van der Waals surface area contributed by atoms with Gasteiger partial charge in [0.2, 0.25) is 0 Å². The maximum atomic E-state index is 10.7. The van der Waals surface area contributed by atoms with Crippen molar-refractivity contribution in [2.75, 3.05) is 0 Å². The van der Waals surface area contributed by atoms with Gasteiger partial charge < -0.3 is 5.32 Å². The number of benzene rings is 1. The number of nitrogens with zero attached hydrogens (tertiary/aromatic N) is 4. The van der Waals surface area contributed by atoms with Gasteiger partial charge in [-0.1, -0.05) is 17.3 Å². The Kier molecular flexibility index (Phi) is 4.00. The van der Waals surface area contributed by atoms with Crippen LogP contribution in [0.2, 0.25) is 0 Å². The van der Waals surface area contributed by atoms with Gasteiger partial charge in [-0.2, -0.15) is 0 Å². The van der Waals surface area contributed by atoms with Gasteiger partial charge >= 0.3 is 0 Å². The molecule has 1 heterocycles. The first-order valence-corrected chi connectivity index (χ1v) is 9.94. The second kappa shape index (κ2) is 6.41. The van der Waals surface area contributed by atoms with Crippen LogP contribution < -0.4 is 5.32 Å². The molecule has 0 amide bonds. The SMILES string of the molecule is O=[N+]([O-])c1ccc(Cn2cc(CNC34CC5CC(CC(C5)C3)C4)nn2)cc1. The largest absolute Gasteiger partial charge is 0.305 e. The van der Waals surface area contributed by atoms with E-state index in [1.807, 2.05) is 6.20 Å². The predicted molar refractivity (Wildman–Crippen MR) is 100.0 cm³/mol. The maximum absolute atomic E-state index is 10.7. The van der Waals surface area contributed by atoms with Crippen LogP contribution in [-0.4, -0.2) is 25.5 Å². The third kappa shape index (κ3) is 3.36. The first kappa shape index (κ1) is 16.9. The highest BCUT2D eigenvalue weighted by atomic mass is 16.6. The molecular weight excluding hydrogens is 342 g/mol. The zero-order valence-corrected chi connectivity index (χ0v) is 15.4. The molecule has 4 saturated carbocycles. The standard InChI is InChI=1S/C20H25N5O2/c26-25(27)19-3-1-14(2-4-19)12-24-13-18(22-23-24)11-21-20-8-15-5-16(9-20)7-17(6-15)10-20/h1-4,13,15-17,21H,5-12H2. The Hall–Kier alpha value is -2.28. The van der Waals surface area contributed by atoms with Gasteiger partial charge in [0.25, 0.3) is 5.69 Å². The molecule has 4 bridgehead atoms. The first-order valence-electron chi connectivity index (χ1n) is 9.94. The van der Waals surface area contributed by atoms with E-state index in [1.165, 1.54) is 50.7 Å². The second-order valence-corrected chi connectivity index (χ2v) is 8.88. The van der Waals surface area contributed by atoms with Crippen molar-refractivity contribution in [1.82, 2.24) is 20.3 Å². The third-order valence-corrected chi connectivity index (χ3v) is 6.76. The lowest BCUT2D eigenvalue weighted by Crippen LogP contribution is -2.58. The van der Waals surface area contributed by atoms with E-state index in [4.69, 9.17) is 0 Å². The molecule has 4 aliphatic carbocycles. The Labute approximate surface area is 158 Å². The van der Waals surface area contributed by atoms with Gasteiger partial charge in [0.05, 0.1) is 23.4 Å². The average molecular weight is 367 g/mol. The van der Waals surface area contributed by atoms with Gasteiger partial charge in [-0.05, 0) is 61.8 Å². The monoisotopic (exact) mass is 367 g/mol. The van der Waals surface area contributed by atoms with E-state index in [9.17, 15) is 10.1 Å². The highest BCUT2D eigenvalue weighted by molar-refractivity contribution is 5.32. The number of aromatic nitrogens is 3. The lowest BCUT2D eigenvalue weighted by molar-refractivity contribution is -0.384. The summed E-state index contributed by atoms with van der Waals surface area (Å²) in [6.45, 7) is 1.34. The van der Waals surface area contributed by atoms with Crippen LogP contribution >= 0.6 is 0 Å². The molecule has 1 aromatic carbocycles. The van der Waals surface area contributed by atoms with Crippen molar-refractivity contribution < 1.29 is 4.92 Å². The van der Waals surface area contributed by atoms with E-state index in [0.717, 1.165) is 35.6 Å². The third-order valence-electron chi connectivity index (χ3n) is 6.76. The predicted octanol–water partition coefficient (Wildman–Crippen LogP) is 3.29. The number of hydrogen-bond acceptors (Lipinski definition) is 5. The Bertz CT molecular complexity index is 809. The summed E-state index contributed by atoms with van der Waals surface area (Å²) >= 11 is 0. The number of non-ortho nitro benzene ring substituents is 1. The minimum atomic E-state index is -0.381. The first-order chi connectivity index (χ1) is 13.1. The molecule has 0 unspecified atom stereocenters. The molecule has 0 spiro atoms. The summed E-state index contributed by atoms with van der Waals surface area (Å²) in [5.74, 6) is 2.80. The van der Waals surface area contributed by atoms with Crippen LogP contribution in [0, 0.1) is 27.9 Å². The van der Waals surface area contributed by atoms with Crippen molar-refractivity contribution in [3.63, 3.8) is 0 Å². The molecule has 6 rings (SSSR count). The minimum Gasteiger partial charge on any atom is -0.305 e. The molecule has 1 aromatic heterocycles. The molecule has 0 saturated heterocycles. The number of nitro groups is 1. The average Bonchev–Trinajstić information content (AvgIpc) is 3.07. The van der Waals surface area contributed by atoms with E-state index in [-0.39, 0.29) is 10.6 Å². The molecular formula is C20H25N5O2. The number of nitro benzene ring substituents is 1. The summed E-state index contributed by atoms with van der Waals surface area (Å²) in [5, 5.41) is 23.1. The van der Waals surface area contributed by atoms with Gasteiger partial charge in [-0.15, -0.1) is 5.10 Å². The zero-order chi connectivity index (χ0) is 18.4. The molecule has 27 heavy (non-hydrogen) atoms. The van der Waals surface area contributed by atoms with Crippen molar-refractivity contribution in [2.24, 2.45) is 17.8 Å². The Balaban J connectivity index is 1.21. The minimum absolute atomic E-state index is 0.109. The fourth-order valence-corrected chi connectivity index (χ4v) is 6.01. The molecule has 4 fully saturated rings. The Morgan fingerprint density at radius 3 is 2.33 bits per heavy atom. The fraction of sp³-hybridized carbons (Fsp3) is 0.600.